The van der Waals surface area contributed by atoms with Crippen molar-refractivity contribution in [1.29, 1.82) is 0 Å². The number of rotatable bonds is 9. The number of hydrogen-bond donors (Lipinski definition) is 1. The van der Waals surface area contributed by atoms with Gasteiger partial charge >= 0.3 is 0 Å². The van der Waals surface area contributed by atoms with E-state index in [9.17, 15) is 14.4 Å². The molecule has 2 aromatic carbocycles. The van der Waals surface area contributed by atoms with Crippen LogP contribution >= 0.6 is 0 Å². The van der Waals surface area contributed by atoms with Gasteiger partial charge in [0.05, 0.1) is 17.2 Å². The second-order valence-electron chi connectivity index (χ2n) is 7.56. The Kier molecular flexibility index (Phi) is 6.18. The molecule has 7 heteroatoms. The lowest BCUT2D eigenvalue weighted by atomic mass is 9.98. The molecule has 1 aliphatic heterocycles. The molecule has 7 nitrogen and oxygen atoms in total. The van der Waals surface area contributed by atoms with Gasteiger partial charge in [0.25, 0.3) is 11.8 Å². The molecule has 0 saturated carbocycles. The molecule has 3 aromatic rings. The molecule has 1 atom stereocenters. The summed E-state index contributed by atoms with van der Waals surface area (Å²) >= 11 is 0. The zero-order chi connectivity index (χ0) is 22.7. The number of carbonyl (C=O) groups is 3. The standard InChI is InChI=1S/C25H24N2O5/c1-3-31-15-32-19-7-4-6-17(13-19)22(12-16(2)28)27-24(29)21-9-5-8-20(23(21)25(27)30)18-10-11-26-14-18/h4-11,13-14,22,26H,3,12,15H2,1-2H3. The van der Waals surface area contributed by atoms with E-state index in [2.05, 4.69) is 4.98 Å². The molecule has 1 N–H and O–H groups in total. The number of nitrogens with zero attached hydrogens (tertiary/aromatic N) is 1. The van der Waals surface area contributed by atoms with Gasteiger partial charge in [-0.05, 0) is 54.8 Å². The summed E-state index contributed by atoms with van der Waals surface area (Å²) in [6.07, 6.45) is 3.56. The normalized spacial score (nSPS) is 13.9. The zero-order valence-corrected chi connectivity index (χ0v) is 18.0. The van der Waals surface area contributed by atoms with Gasteiger partial charge in [-0.1, -0.05) is 24.3 Å². The first-order chi connectivity index (χ1) is 15.5. The maximum absolute atomic E-state index is 13.5. The van der Waals surface area contributed by atoms with Crippen molar-refractivity contribution in [3.63, 3.8) is 0 Å². The Morgan fingerprint density at radius 1 is 1.06 bits per heavy atom. The first-order valence-corrected chi connectivity index (χ1v) is 10.4. The number of Topliss-reactive ketones (excluding diaryl/α,β-unsaturated/α-hetero) is 1. The topological polar surface area (TPSA) is 88.7 Å². The Hall–Kier alpha value is -3.71. The van der Waals surface area contributed by atoms with E-state index in [-0.39, 0.29) is 19.0 Å². The van der Waals surface area contributed by atoms with Gasteiger partial charge in [-0.3, -0.25) is 19.3 Å². The lowest BCUT2D eigenvalue weighted by Gasteiger charge is -2.26. The Balaban J connectivity index is 1.73. The Morgan fingerprint density at radius 3 is 2.56 bits per heavy atom. The van der Waals surface area contributed by atoms with E-state index in [1.807, 2.05) is 19.1 Å². The van der Waals surface area contributed by atoms with Gasteiger partial charge < -0.3 is 14.5 Å². The second kappa shape index (κ2) is 9.20. The minimum atomic E-state index is -0.741. The van der Waals surface area contributed by atoms with Crippen LogP contribution in [0, 0.1) is 0 Å². The lowest BCUT2D eigenvalue weighted by molar-refractivity contribution is -0.117. The number of amides is 2. The molecule has 4 rings (SSSR count). The van der Waals surface area contributed by atoms with E-state index >= 15 is 0 Å². The third-order valence-corrected chi connectivity index (χ3v) is 5.40. The van der Waals surface area contributed by atoms with Crippen LogP contribution in [0.2, 0.25) is 0 Å². The first-order valence-electron chi connectivity index (χ1n) is 10.4. The van der Waals surface area contributed by atoms with Crippen LogP contribution in [-0.4, -0.2) is 40.9 Å². The molecule has 0 fully saturated rings. The van der Waals surface area contributed by atoms with Crippen LogP contribution in [0.3, 0.4) is 0 Å². The maximum Gasteiger partial charge on any atom is 0.262 e. The fraction of sp³-hybridized carbons (Fsp3) is 0.240. The van der Waals surface area contributed by atoms with E-state index in [1.165, 1.54) is 11.8 Å². The molecular weight excluding hydrogens is 408 g/mol. The minimum Gasteiger partial charge on any atom is -0.468 e. The number of hydrogen-bond acceptors (Lipinski definition) is 5. The van der Waals surface area contributed by atoms with E-state index in [1.54, 1.807) is 48.8 Å². The molecule has 0 bridgehead atoms. The van der Waals surface area contributed by atoms with Crippen molar-refractivity contribution in [1.82, 2.24) is 9.88 Å². The summed E-state index contributed by atoms with van der Waals surface area (Å²) in [5.74, 6) is -0.407. The minimum absolute atomic E-state index is 0.0138. The number of H-pyrrole nitrogens is 1. The summed E-state index contributed by atoms with van der Waals surface area (Å²) in [6.45, 7) is 3.92. The molecule has 0 radical (unpaired) electrons. The highest BCUT2D eigenvalue weighted by Gasteiger charge is 2.42. The molecule has 0 saturated heterocycles. The molecule has 0 spiro atoms. The van der Waals surface area contributed by atoms with Gasteiger partial charge in [-0.25, -0.2) is 0 Å². The van der Waals surface area contributed by atoms with Crippen LogP contribution in [0.1, 0.15) is 52.6 Å². The largest absolute Gasteiger partial charge is 0.468 e. The molecule has 1 aromatic heterocycles. The van der Waals surface area contributed by atoms with Gasteiger partial charge in [0.15, 0.2) is 6.79 Å². The Bertz CT molecular complexity index is 1150. The summed E-state index contributed by atoms with van der Waals surface area (Å²) in [5.41, 5.74) is 2.84. The number of imide groups is 1. The van der Waals surface area contributed by atoms with Gasteiger partial charge in [0.2, 0.25) is 0 Å². The molecule has 1 unspecified atom stereocenters. The summed E-state index contributed by atoms with van der Waals surface area (Å²) in [6, 6.07) is 13.4. The third kappa shape index (κ3) is 4.07. The molecule has 164 valence electrons. The summed E-state index contributed by atoms with van der Waals surface area (Å²) in [4.78, 5) is 43.2. The van der Waals surface area contributed by atoms with Crippen molar-refractivity contribution in [3.8, 4) is 16.9 Å². The van der Waals surface area contributed by atoms with Gasteiger partial charge in [-0.15, -0.1) is 0 Å². The van der Waals surface area contributed by atoms with Crippen LogP contribution in [0.4, 0.5) is 0 Å². The quantitative estimate of drug-likeness (QED) is 0.308. The average Bonchev–Trinajstić information content (AvgIpc) is 3.40. The number of aromatic nitrogens is 1. The number of nitrogens with one attached hydrogen (secondary N) is 1. The summed E-state index contributed by atoms with van der Waals surface area (Å²) in [5, 5.41) is 0. The van der Waals surface area contributed by atoms with Crippen LogP contribution in [-0.2, 0) is 9.53 Å². The third-order valence-electron chi connectivity index (χ3n) is 5.40. The second-order valence-corrected chi connectivity index (χ2v) is 7.56. The number of benzene rings is 2. The van der Waals surface area contributed by atoms with Crippen molar-refractivity contribution in [3.05, 3.63) is 77.6 Å². The number of fused-ring (bicyclic) bond motifs is 1. The van der Waals surface area contributed by atoms with Crippen LogP contribution in [0.25, 0.3) is 11.1 Å². The van der Waals surface area contributed by atoms with E-state index in [0.29, 0.717) is 34.6 Å². The van der Waals surface area contributed by atoms with E-state index in [4.69, 9.17) is 9.47 Å². The monoisotopic (exact) mass is 432 g/mol. The molecular formula is C25H24N2O5. The first kappa shape index (κ1) is 21.5. The van der Waals surface area contributed by atoms with Crippen LogP contribution in [0.15, 0.2) is 60.9 Å². The van der Waals surface area contributed by atoms with Crippen molar-refractivity contribution in [2.24, 2.45) is 0 Å². The van der Waals surface area contributed by atoms with Crippen molar-refractivity contribution >= 4 is 17.6 Å². The van der Waals surface area contributed by atoms with Crippen molar-refractivity contribution < 1.29 is 23.9 Å². The Labute approximate surface area is 186 Å². The molecule has 0 aliphatic carbocycles. The number of aromatic amines is 1. The molecule has 32 heavy (non-hydrogen) atoms. The highest BCUT2D eigenvalue weighted by atomic mass is 16.7. The van der Waals surface area contributed by atoms with Gasteiger partial charge in [0.1, 0.15) is 11.5 Å². The number of ketones is 1. The smallest absolute Gasteiger partial charge is 0.262 e. The predicted octanol–water partition coefficient (Wildman–Crippen LogP) is 4.37. The van der Waals surface area contributed by atoms with Gasteiger partial charge in [0, 0.05) is 25.4 Å². The average molecular weight is 432 g/mol. The maximum atomic E-state index is 13.5. The van der Waals surface area contributed by atoms with Gasteiger partial charge in [-0.2, -0.15) is 0 Å². The Morgan fingerprint density at radius 2 is 1.84 bits per heavy atom. The lowest BCUT2D eigenvalue weighted by Crippen LogP contribution is -2.35. The summed E-state index contributed by atoms with van der Waals surface area (Å²) in [7, 11) is 0. The van der Waals surface area contributed by atoms with Crippen LogP contribution in [0.5, 0.6) is 5.75 Å². The fourth-order valence-electron chi connectivity index (χ4n) is 3.95. The van der Waals surface area contributed by atoms with Crippen molar-refractivity contribution in [2.75, 3.05) is 13.4 Å². The highest BCUT2D eigenvalue weighted by molar-refractivity contribution is 6.24. The molecule has 1 aliphatic rings. The number of ether oxygens (including phenoxy) is 2. The van der Waals surface area contributed by atoms with E-state index in [0.717, 1.165) is 5.56 Å². The highest BCUT2D eigenvalue weighted by Crippen LogP contribution is 2.38. The van der Waals surface area contributed by atoms with E-state index < -0.39 is 17.9 Å². The SMILES string of the molecule is CCOCOc1cccc(C(CC(C)=O)N2C(=O)c3cccc(-c4cc[nH]c4)c3C2=O)c1. The predicted molar refractivity (Wildman–Crippen MR) is 118 cm³/mol. The van der Waals surface area contributed by atoms with Crippen molar-refractivity contribution in [2.45, 2.75) is 26.3 Å². The number of carbonyl (C=O) groups excluding carboxylic acids is 3. The molecule has 2 heterocycles. The fourth-order valence-corrected chi connectivity index (χ4v) is 3.95. The van der Waals surface area contributed by atoms with Crippen LogP contribution < -0.4 is 4.74 Å². The molecule has 2 amide bonds. The summed E-state index contributed by atoms with van der Waals surface area (Å²) < 4.78 is 10.8. The zero-order valence-electron chi connectivity index (χ0n) is 18.0.